The number of unbranched alkanes of at least 4 members (excludes halogenated alkanes) is 3. The van der Waals surface area contributed by atoms with Crippen LogP contribution >= 0.6 is 0 Å². The molecule has 7 heteroatoms. The molecule has 0 spiro atoms. The number of aromatic carboxylic acids is 2. The third-order valence-corrected chi connectivity index (χ3v) is 12.2. The van der Waals surface area contributed by atoms with Crippen molar-refractivity contribution < 1.29 is 19.8 Å². The van der Waals surface area contributed by atoms with Crippen molar-refractivity contribution in [3.05, 3.63) is 87.6 Å². The number of aliphatic imine (C=N–C) groups is 1. The zero-order valence-electron chi connectivity index (χ0n) is 24.4. The van der Waals surface area contributed by atoms with Crippen LogP contribution in [0, 0.1) is 0 Å². The Balaban J connectivity index is 1.71. The molecule has 3 aliphatic rings. The molecule has 0 bridgehead atoms. The van der Waals surface area contributed by atoms with E-state index in [9.17, 15) is 19.8 Å². The highest BCUT2D eigenvalue weighted by atomic mass is 28.3. The largest absolute Gasteiger partial charge is 0.478 e. The Bertz CT molecular complexity index is 1490. The zero-order valence-corrected chi connectivity index (χ0v) is 25.4. The maximum absolute atomic E-state index is 12.4. The lowest BCUT2D eigenvalue weighted by Crippen LogP contribution is -2.50. The molecule has 2 N–H and O–H groups in total. The van der Waals surface area contributed by atoms with E-state index in [2.05, 4.69) is 55.3 Å². The van der Waals surface area contributed by atoms with E-state index in [1.165, 1.54) is 72.8 Å². The van der Waals surface area contributed by atoms with Gasteiger partial charge < -0.3 is 15.1 Å². The summed E-state index contributed by atoms with van der Waals surface area (Å²) in [6.07, 6.45) is 14.6. The minimum Gasteiger partial charge on any atom is -0.478 e. The van der Waals surface area contributed by atoms with E-state index < -0.39 is 20.0 Å². The van der Waals surface area contributed by atoms with E-state index >= 15 is 0 Å². The number of hydrogen-bond donors (Lipinski definition) is 2. The predicted molar refractivity (Wildman–Crippen MR) is 170 cm³/mol. The molecule has 2 heterocycles. The van der Waals surface area contributed by atoms with Gasteiger partial charge in [0.2, 0.25) is 0 Å². The summed E-state index contributed by atoms with van der Waals surface area (Å²) in [5.41, 5.74) is 5.56. The van der Waals surface area contributed by atoms with Crippen molar-refractivity contribution in [1.29, 1.82) is 0 Å². The first-order chi connectivity index (χ1) is 19.7. The first-order valence-corrected chi connectivity index (χ1v) is 17.9. The van der Waals surface area contributed by atoms with Crippen molar-refractivity contribution in [1.82, 2.24) is 0 Å². The highest BCUT2D eigenvalue weighted by Gasteiger charge is 2.40. The highest BCUT2D eigenvalue weighted by molar-refractivity contribution is 6.98. The third kappa shape index (κ3) is 5.73. The molecule has 0 unspecified atom stereocenters. The molecular weight excluding hydrogens is 528 g/mol. The van der Waals surface area contributed by atoms with Gasteiger partial charge in [-0.1, -0.05) is 51.4 Å². The van der Waals surface area contributed by atoms with E-state index in [0.29, 0.717) is 5.56 Å². The molecule has 5 rings (SSSR count). The van der Waals surface area contributed by atoms with E-state index in [-0.39, 0.29) is 11.1 Å². The van der Waals surface area contributed by atoms with Crippen LogP contribution in [0.5, 0.6) is 0 Å². The molecule has 0 amide bonds. The fourth-order valence-corrected chi connectivity index (χ4v) is 9.45. The van der Waals surface area contributed by atoms with Crippen molar-refractivity contribution in [2.75, 3.05) is 24.5 Å². The van der Waals surface area contributed by atoms with Crippen LogP contribution in [-0.4, -0.2) is 55.6 Å². The van der Waals surface area contributed by atoms with Crippen molar-refractivity contribution in [2.24, 2.45) is 4.99 Å². The molecule has 6 nitrogen and oxygen atoms in total. The lowest BCUT2D eigenvalue weighted by Gasteiger charge is -2.39. The van der Waals surface area contributed by atoms with Crippen molar-refractivity contribution in [2.45, 2.75) is 65.0 Å². The summed E-state index contributed by atoms with van der Waals surface area (Å²) in [5, 5.41) is 22.4. The Morgan fingerprint density at radius 3 is 2.39 bits per heavy atom. The molecule has 1 saturated heterocycles. The number of fused-ring (bicyclic) bond motifs is 2. The van der Waals surface area contributed by atoms with Gasteiger partial charge in [0.25, 0.3) is 0 Å². The summed E-state index contributed by atoms with van der Waals surface area (Å²) in [6, 6.07) is 10.9. The molecule has 41 heavy (non-hydrogen) atoms. The summed E-state index contributed by atoms with van der Waals surface area (Å²) < 4.78 is 0. The second-order valence-corrected chi connectivity index (χ2v) is 16.1. The average Bonchev–Trinajstić information content (AvgIpc) is 2.97. The van der Waals surface area contributed by atoms with Gasteiger partial charge in [0.15, 0.2) is 0 Å². The van der Waals surface area contributed by atoms with Crippen LogP contribution in [0.25, 0.3) is 5.57 Å². The SMILES string of the molecule is CCCCCC/N=C1\C=CC2=C(c3cc(C(=O)O)ccc3C(=O)O)c3ccc(N4CCCCC4)cc3[Si](C)(C)C2=C1. The number of piperidine rings is 1. The van der Waals surface area contributed by atoms with Crippen molar-refractivity contribution in [3.63, 3.8) is 0 Å². The first kappa shape index (κ1) is 28.8. The number of carboxylic acid groups (broad SMARTS) is 2. The summed E-state index contributed by atoms with van der Waals surface area (Å²) in [7, 11) is -2.24. The van der Waals surface area contributed by atoms with Crippen LogP contribution in [0.4, 0.5) is 5.69 Å². The predicted octanol–water partition coefficient (Wildman–Crippen LogP) is 6.86. The Morgan fingerprint density at radius 2 is 1.68 bits per heavy atom. The summed E-state index contributed by atoms with van der Waals surface area (Å²) in [6.45, 7) is 9.79. The number of rotatable bonds is 9. The molecule has 0 radical (unpaired) electrons. The second kappa shape index (κ2) is 12.0. The van der Waals surface area contributed by atoms with E-state index in [4.69, 9.17) is 4.99 Å². The van der Waals surface area contributed by atoms with Crippen LogP contribution in [-0.2, 0) is 0 Å². The summed E-state index contributed by atoms with van der Waals surface area (Å²) >= 11 is 0. The Kier molecular flexibility index (Phi) is 8.45. The Morgan fingerprint density at radius 1 is 0.902 bits per heavy atom. The fourth-order valence-electron chi connectivity index (χ4n) is 6.38. The molecule has 0 aromatic heterocycles. The van der Waals surface area contributed by atoms with Crippen LogP contribution in [0.15, 0.2) is 70.4 Å². The Labute approximate surface area is 243 Å². The van der Waals surface area contributed by atoms with E-state index in [0.717, 1.165) is 48.5 Å². The van der Waals surface area contributed by atoms with Gasteiger partial charge in [-0.15, -0.1) is 0 Å². The first-order valence-electron chi connectivity index (χ1n) is 14.9. The van der Waals surface area contributed by atoms with Crippen LogP contribution < -0.4 is 10.1 Å². The van der Waals surface area contributed by atoms with Gasteiger partial charge in [-0.3, -0.25) is 4.99 Å². The Hall–Kier alpha value is -3.71. The zero-order chi connectivity index (χ0) is 29.1. The quantitative estimate of drug-likeness (QED) is 0.255. The number of allylic oxidation sites excluding steroid dienone is 5. The lowest BCUT2D eigenvalue weighted by atomic mass is 9.86. The molecular formula is C34H40N2O4Si. The van der Waals surface area contributed by atoms with E-state index in [1.807, 2.05) is 6.08 Å². The maximum Gasteiger partial charge on any atom is 0.336 e. The van der Waals surface area contributed by atoms with Crippen LogP contribution in [0.1, 0.15) is 83.7 Å². The monoisotopic (exact) mass is 568 g/mol. The summed E-state index contributed by atoms with van der Waals surface area (Å²) in [5.74, 6) is -2.15. The van der Waals surface area contributed by atoms with Gasteiger partial charge in [0, 0.05) is 25.3 Å². The van der Waals surface area contributed by atoms with Crippen molar-refractivity contribution in [3.8, 4) is 0 Å². The summed E-state index contributed by atoms with van der Waals surface area (Å²) in [4.78, 5) is 31.8. The number of hydrogen-bond acceptors (Lipinski definition) is 4. The number of benzene rings is 2. The number of nitrogens with zero attached hydrogens (tertiary/aromatic N) is 2. The molecule has 2 aromatic rings. The molecule has 1 fully saturated rings. The van der Waals surface area contributed by atoms with Gasteiger partial charge in [0.1, 0.15) is 8.07 Å². The lowest BCUT2D eigenvalue weighted by molar-refractivity contribution is 0.0681. The second-order valence-electron chi connectivity index (χ2n) is 11.8. The minimum absolute atomic E-state index is 0.0753. The van der Waals surface area contributed by atoms with E-state index in [1.54, 1.807) is 0 Å². The number of carboxylic acids is 2. The smallest absolute Gasteiger partial charge is 0.336 e. The van der Waals surface area contributed by atoms with Gasteiger partial charge in [-0.25, -0.2) is 9.59 Å². The average molecular weight is 569 g/mol. The molecule has 2 aliphatic heterocycles. The topological polar surface area (TPSA) is 90.2 Å². The van der Waals surface area contributed by atoms with Crippen molar-refractivity contribution >= 4 is 42.2 Å². The highest BCUT2D eigenvalue weighted by Crippen LogP contribution is 2.43. The molecule has 0 atom stereocenters. The maximum atomic E-state index is 12.4. The standard InChI is InChI=1S/C34H40N2O4Si/c1-4-5-6-8-17-35-24-12-15-27-30(21-24)41(2,3)31-22-25(36-18-9-7-10-19-36)13-16-28(31)32(27)29-20-23(33(37)38)11-14-26(29)34(39)40/h11-16,20-22H,4-10,17-19H2,1-3H3,(H,37,38)(H,39,40)/b35-24+. The molecule has 214 valence electrons. The molecule has 0 saturated carbocycles. The van der Waals surface area contributed by atoms with Crippen LogP contribution in [0.2, 0.25) is 13.1 Å². The van der Waals surface area contributed by atoms with Gasteiger partial charge >= 0.3 is 11.9 Å². The minimum atomic E-state index is -2.24. The van der Waals surface area contributed by atoms with Gasteiger partial charge in [-0.2, -0.15) is 0 Å². The molecule has 1 aliphatic carbocycles. The fraction of sp³-hybridized carbons (Fsp3) is 0.382. The van der Waals surface area contributed by atoms with Gasteiger partial charge in [0.05, 0.1) is 16.8 Å². The number of carbonyl (C=O) groups is 2. The van der Waals surface area contributed by atoms with Gasteiger partial charge in [-0.05, 0) is 101 Å². The normalized spacial score (nSPS) is 18.7. The van der Waals surface area contributed by atoms with Crippen LogP contribution in [0.3, 0.4) is 0 Å². The third-order valence-electron chi connectivity index (χ3n) is 8.69. The number of anilines is 1. The molecule has 2 aromatic carbocycles.